The second kappa shape index (κ2) is 9.13. The summed E-state index contributed by atoms with van der Waals surface area (Å²) in [5.74, 6) is 0.147. The molecule has 2 unspecified atom stereocenters. The number of ether oxygens (including phenoxy) is 2. The molecule has 0 aliphatic rings. The van der Waals surface area contributed by atoms with Crippen LogP contribution in [0.25, 0.3) is 0 Å². The van der Waals surface area contributed by atoms with Crippen LogP contribution in [0.3, 0.4) is 0 Å². The molecule has 0 saturated heterocycles. The first kappa shape index (κ1) is 14.9. The Hall–Kier alpha value is -0.120. The van der Waals surface area contributed by atoms with Crippen molar-refractivity contribution in [2.45, 2.75) is 59.4 Å². The van der Waals surface area contributed by atoms with E-state index in [2.05, 4.69) is 6.92 Å². The van der Waals surface area contributed by atoms with E-state index in [1.165, 1.54) is 0 Å². The predicted octanol–water partition coefficient (Wildman–Crippen LogP) is 2.57. The van der Waals surface area contributed by atoms with Crippen molar-refractivity contribution in [3.05, 3.63) is 0 Å². The van der Waals surface area contributed by atoms with Crippen molar-refractivity contribution in [2.24, 2.45) is 5.92 Å². The third-order valence-electron chi connectivity index (χ3n) is 2.25. The molecule has 0 heterocycles. The second-order valence-electron chi connectivity index (χ2n) is 4.34. The van der Waals surface area contributed by atoms with E-state index in [1.807, 2.05) is 20.8 Å². The van der Waals surface area contributed by atoms with Crippen LogP contribution in [-0.4, -0.2) is 30.7 Å². The van der Waals surface area contributed by atoms with Gasteiger partial charge in [-0.2, -0.15) is 0 Å². The standard InChI is InChI=1S/C12H26O3/c1-5-6-8-14-9-7-11(4)15-12(13)10(2)3/h10-13H,5-9H2,1-4H3. The molecule has 0 radical (unpaired) electrons. The summed E-state index contributed by atoms with van der Waals surface area (Å²) in [5, 5.41) is 9.47. The van der Waals surface area contributed by atoms with E-state index in [1.54, 1.807) is 0 Å². The van der Waals surface area contributed by atoms with Crippen LogP contribution in [0.1, 0.15) is 47.0 Å². The number of rotatable bonds is 9. The highest BCUT2D eigenvalue weighted by Crippen LogP contribution is 2.08. The van der Waals surface area contributed by atoms with Crippen LogP contribution in [0.4, 0.5) is 0 Å². The molecule has 0 rings (SSSR count). The lowest BCUT2D eigenvalue weighted by molar-refractivity contribution is -0.158. The Kier molecular flexibility index (Phi) is 9.06. The van der Waals surface area contributed by atoms with Gasteiger partial charge in [-0.05, 0) is 19.8 Å². The Morgan fingerprint density at radius 3 is 2.33 bits per heavy atom. The number of hydrogen-bond donors (Lipinski definition) is 1. The maximum absolute atomic E-state index is 9.47. The SMILES string of the molecule is CCCCOCCC(C)OC(O)C(C)C. The monoisotopic (exact) mass is 218 g/mol. The normalized spacial score (nSPS) is 15.6. The fraction of sp³-hybridized carbons (Fsp3) is 1.00. The lowest BCUT2D eigenvalue weighted by atomic mass is 10.2. The fourth-order valence-electron chi connectivity index (χ4n) is 1.06. The van der Waals surface area contributed by atoms with Crippen LogP contribution in [0.2, 0.25) is 0 Å². The Bertz CT molecular complexity index is 137. The first-order chi connectivity index (χ1) is 7.07. The topological polar surface area (TPSA) is 38.7 Å². The van der Waals surface area contributed by atoms with Crippen LogP contribution in [-0.2, 0) is 9.47 Å². The van der Waals surface area contributed by atoms with Gasteiger partial charge in [-0.3, -0.25) is 0 Å². The van der Waals surface area contributed by atoms with Crippen molar-refractivity contribution in [3.63, 3.8) is 0 Å². The second-order valence-corrected chi connectivity index (χ2v) is 4.34. The van der Waals surface area contributed by atoms with Crippen LogP contribution >= 0.6 is 0 Å². The van der Waals surface area contributed by atoms with Gasteiger partial charge in [0.15, 0.2) is 6.29 Å². The van der Waals surface area contributed by atoms with Gasteiger partial charge in [0, 0.05) is 19.1 Å². The van der Waals surface area contributed by atoms with Gasteiger partial charge in [0.2, 0.25) is 0 Å². The van der Waals surface area contributed by atoms with Gasteiger partial charge in [-0.1, -0.05) is 27.2 Å². The molecule has 92 valence electrons. The molecule has 0 aromatic rings. The van der Waals surface area contributed by atoms with E-state index in [4.69, 9.17) is 9.47 Å². The van der Waals surface area contributed by atoms with E-state index >= 15 is 0 Å². The highest BCUT2D eigenvalue weighted by molar-refractivity contribution is 4.54. The Morgan fingerprint density at radius 1 is 1.13 bits per heavy atom. The molecule has 1 N–H and O–H groups in total. The lowest BCUT2D eigenvalue weighted by Crippen LogP contribution is -2.25. The smallest absolute Gasteiger partial charge is 0.157 e. The molecular weight excluding hydrogens is 192 g/mol. The quantitative estimate of drug-likeness (QED) is 0.477. The lowest BCUT2D eigenvalue weighted by Gasteiger charge is -2.20. The van der Waals surface area contributed by atoms with E-state index < -0.39 is 6.29 Å². The summed E-state index contributed by atoms with van der Waals surface area (Å²) in [6.07, 6.45) is 2.52. The van der Waals surface area contributed by atoms with Gasteiger partial charge in [0.1, 0.15) is 0 Å². The Balaban J connectivity index is 3.36. The zero-order valence-corrected chi connectivity index (χ0v) is 10.5. The van der Waals surface area contributed by atoms with Gasteiger partial charge in [-0.25, -0.2) is 0 Å². The van der Waals surface area contributed by atoms with Crippen LogP contribution in [0, 0.1) is 5.92 Å². The number of aliphatic hydroxyl groups excluding tert-OH is 1. The van der Waals surface area contributed by atoms with Crippen molar-refractivity contribution in [1.29, 1.82) is 0 Å². The average Bonchev–Trinajstić information content (AvgIpc) is 2.17. The van der Waals surface area contributed by atoms with E-state index in [0.717, 1.165) is 25.9 Å². The first-order valence-corrected chi connectivity index (χ1v) is 5.99. The molecule has 0 fully saturated rings. The molecule has 0 aliphatic heterocycles. The minimum atomic E-state index is -0.657. The Labute approximate surface area is 93.8 Å². The average molecular weight is 218 g/mol. The van der Waals surface area contributed by atoms with Gasteiger partial charge < -0.3 is 14.6 Å². The minimum absolute atomic E-state index is 0.0593. The molecule has 0 saturated carbocycles. The summed E-state index contributed by atoms with van der Waals surface area (Å²) < 4.78 is 10.8. The minimum Gasteiger partial charge on any atom is -0.381 e. The van der Waals surface area contributed by atoms with Crippen molar-refractivity contribution in [2.75, 3.05) is 13.2 Å². The number of unbranched alkanes of at least 4 members (excludes halogenated alkanes) is 1. The number of hydrogen-bond acceptors (Lipinski definition) is 3. The molecule has 0 bridgehead atoms. The summed E-state index contributed by atoms with van der Waals surface area (Å²) in [4.78, 5) is 0. The highest BCUT2D eigenvalue weighted by atomic mass is 16.6. The Morgan fingerprint density at radius 2 is 1.80 bits per heavy atom. The molecule has 0 aromatic carbocycles. The van der Waals surface area contributed by atoms with Crippen LogP contribution in [0.5, 0.6) is 0 Å². The van der Waals surface area contributed by atoms with Crippen LogP contribution < -0.4 is 0 Å². The molecule has 3 heteroatoms. The van der Waals surface area contributed by atoms with Crippen molar-refractivity contribution in [1.82, 2.24) is 0 Å². The predicted molar refractivity (Wildman–Crippen MR) is 61.7 cm³/mol. The molecule has 2 atom stereocenters. The van der Waals surface area contributed by atoms with Gasteiger partial charge in [0.25, 0.3) is 0 Å². The largest absolute Gasteiger partial charge is 0.381 e. The van der Waals surface area contributed by atoms with Crippen LogP contribution in [0.15, 0.2) is 0 Å². The highest BCUT2D eigenvalue weighted by Gasteiger charge is 2.13. The zero-order chi connectivity index (χ0) is 11.7. The zero-order valence-electron chi connectivity index (χ0n) is 10.5. The molecule has 0 spiro atoms. The van der Waals surface area contributed by atoms with E-state index in [9.17, 15) is 5.11 Å². The molecule has 0 amide bonds. The molecule has 3 nitrogen and oxygen atoms in total. The third-order valence-corrected chi connectivity index (χ3v) is 2.25. The summed E-state index contributed by atoms with van der Waals surface area (Å²) in [6, 6.07) is 0. The summed E-state index contributed by atoms with van der Waals surface area (Å²) in [7, 11) is 0. The molecular formula is C12H26O3. The van der Waals surface area contributed by atoms with E-state index in [-0.39, 0.29) is 12.0 Å². The molecule has 15 heavy (non-hydrogen) atoms. The van der Waals surface area contributed by atoms with Gasteiger partial charge >= 0.3 is 0 Å². The molecule has 0 aliphatic carbocycles. The van der Waals surface area contributed by atoms with Gasteiger partial charge in [-0.15, -0.1) is 0 Å². The first-order valence-electron chi connectivity index (χ1n) is 5.99. The van der Waals surface area contributed by atoms with E-state index in [0.29, 0.717) is 6.61 Å². The van der Waals surface area contributed by atoms with Gasteiger partial charge in [0.05, 0.1) is 6.10 Å². The number of aliphatic hydroxyl groups is 1. The maximum Gasteiger partial charge on any atom is 0.157 e. The van der Waals surface area contributed by atoms with Crippen molar-refractivity contribution < 1.29 is 14.6 Å². The summed E-state index contributed by atoms with van der Waals surface area (Å²) >= 11 is 0. The fourth-order valence-corrected chi connectivity index (χ4v) is 1.06. The van der Waals surface area contributed by atoms with Crippen molar-refractivity contribution in [3.8, 4) is 0 Å². The molecule has 0 aromatic heterocycles. The maximum atomic E-state index is 9.47. The van der Waals surface area contributed by atoms with Crippen molar-refractivity contribution >= 4 is 0 Å². The summed E-state index contributed by atoms with van der Waals surface area (Å²) in [5.41, 5.74) is 0. The summed E-state index contributed by atoms with van der Waals surface area (Å²) in [6.45, 7) is 9.54. The third kappa shape index (κ3) is 8.85.